The van der Waals surface area contributed by atoms with Gasteiger partial charge in [0.25, 0.3) is 0 Å². The van der Waals surface area contributed by atoms with Gasteiger partial charge >= 0.3 is 5.97 Å². The Morgan fingerprint density at radius 3 is 2.62 bits per heavy atom. The third-order valence-corrected chi connectivity index (χ3v) is 5.55. The van der Waals surface area contributed by atoms with Gasteiger partial charge in [-0.05, 0) is 31.5 Å². The molecule has 0 bridgehead atoms. The van der Waals surface area contributed by atoms with Crippen molar-refractivity contribution in [3.63, 3.8) is 0 Å². The maximum atomic E-state index is 12.4. The average molecular weight is 334 g/mol. The highest BCUT2D eigenvalue weighted by atomic mass is 35.5. The zero-order chi connectivity index (χ0) is 15.8. The van der Waals surface area contributed by atoms with Crippen LogP contribution in [0.15, 0.2) is 23.1 Å². The van der Waals surface area contributed by atoms with E-state index in [1.165, 1.54) is 10.4 Å². The van der Waals surface area contributed by atoms with Crippen molar-refractivity contribution in [3.05, 3.63) is 28.8 Å². The second kappa shape index (κ2) is 5.57. The van der Waals surface area contributed by atoms with E-state index in [9.17, 15) is 13.2 Å². The Bertz CT molecular complexity index is 667. The molecule has 1 saturated heterocycles. The molecule has 1 aromatic carbocycles. The molecule has 0 unspecified atom stereocenters. The molecule has 0 spiro atoms. The van der Waals surface area contributed by atoms with Gasteiger partial charge in [0.1, 0.15) is 11.5 Å². The van der Waals surface area contributed by atoms with Gasteiger partial charge in [-0.1, -0.05) is 17.7 Å². The molecule has 6 nitrogen and oxygen atoms in total. The van der Waals surface area contributed by atoms with Crippen molar-refractivity contribution in [1.29, 1.82) is 0 Å². The fourth-order valence-corrected chi connectivity index (χ4v) is 4.39. The molecule has 1 aliphatic heterocycles. The average Bonchev–Trinajstić information content (AvgIpc) is 2.32. The van der Waals surface area contributed by atoms with Crippen molar-refractivity contribution in [1.82, 2.24) is 4.31 Å². The van der Waals surface area contributed by atoms with Crippen LogP contribution in [0.5, 0.6) is 0 Å². The molecule has 8 heteroatoms. The molecule has 1 aromatic rings. The molecule has 1 heterocycles. The first kappa shape index (κ1) is 16.2. The zero-order valence-corrected chi connectivity index (χ0v) is 13.2. The van der Waals surface area contributed by atoms with Gasteiger partial charge in [0.2, 0.25) is 10.0 Å². The number of sulfonamides is 1. The molecule has 2 rings (SSSR count). The van der Waals surface area contributed by atoms with Crippen LogP contribution in [0.1, 0.15) is 12.5 Å². The Morgan fingerprint density at radius 1 is 1.48 bits per heavy atom. The number of benzene rings is 1. The first-order valence-corrected chi connectivity index (χ1v) is 8.08. The Labute approximate surface area is 128 Å². The maximum Gasteiger partial charge on any atom is 0.329 e. The fourth-order valence-electron chi connectivity index (χ4n) is 2.15. The predicted molar refractivity (Wildman–Crippen MR) is 76.9 cm³/mol. The van der Waals surface area contributed by atoms with Gasteiger partial charge in [0.05, 0.1) is 10.6 Å². The second-order valence-electron chi connectivity index (χ2n) is 5.34. The standard InChI is InChI=1S/C13H16ClNO5S/c1-9-3-4-11(10(14)5-9)21(18,19)15-7-13(2,8-15)20-6-12(16)17/h3-5H,6-8H2,1-2H3,(H,16,17). The molecule has 0 saturated carbocycles. The van der Waals surface area contributed by atoms with E-state index < -0.39 is 28.2 Å². The Kier molecular flexibility index (Phi) is 4.30. The predicted octanol–water partition coefficient (Wildman–Crippen LogP) is 1.51. The van der Waals surface area contributed by atoms with Gasteiger partial charge < -0.3 is 9.84 Å². The number of hydrogen-bond acceptors (Lipinski definition) is 4. The van der Waals surface area contributed by atoms with E-state index in [2.05, 4.69) is 0 Å². The molecule has 21 heavy (non-hydrogen) atoms. The summed E-state index contributed by atoms with van der Waals surface area (Å²) in [5.41, 5.74) is 0.0972. The van der Waals surface area contributed by atoms with Crippen molar-refractivity contribution in [2.24, 2.45) is 0 Å². The van der Waals surface area contributed by atoms with Crippen LogP contribution >= 0.6 is 11.6 Å². The number of carbonyl (C=O) groups is 1. The smallest absolute Gasteiger partial charge is 0.329 e. The van der Waals surface area contributed by atoms with E-state index in [1.54, 1.807) is 19.1 Å². The minimum absolute atomic E-state index is 0.0510. The summed E-state index contributed by atoms with van der Waals surface area (Å²) in [5.74, 6) is -1.08. The summed E-state index contributed by atoms with van der Waals surface area (Å²) in [7, 11) is -3.69. The lowest BCUT2D eigenvalue weighted by molar-refractivity contribution is -0.157. The van der Waals surface area contributed by atoms with Crippen molar-refractivity contribution < 1.29 is 23.1 Å². The molecular formula is C13H16ClNO5S. The van der Waals surface area contributed by atoms with Crippen LogP contribution in [0.2, 0.25) is 5.02 Å². The molecule has 1 fully saturated rings. The topological polar surface area (TPSA) is 83.9 Å². The van der Waals surface area contributed by atoms with Gasteiger partial charge in [0.15, 0.2) is 0 Å². The van der Waals surface area contributed by atoms with E-state index in [0.717, 1.165) is 5.56 Å². The quantitative estimate of drug-likeness (QED) is 0.883. The zero-order valence-electron chi connectivity index (χ0n) is 11.7. The molecule has 0 radical (unpaired) electrons. The minimum atomic E-state index is -3.69. The van der Waals surface area contributed by atoms with E-state index in [0.29, 0.717) is 0 Å². The van der Waals surface area contributed by atoms with Gasteiger partial charge in [0, 0.05) is 13.1 Å². The maximum absolute atomic E-state index is 12.4. The number of nitrogens with zero attached hydrogens (tertiary/aromatic N) is 1. The van der Waals surface area contributed by atoms with Gasteiger partial charge in [-0.3, -0.25) is 0 Å². The fraction of sp³-hybridized carbons (Fsp3) is 0.462. The second-order valence-corrected chi connectivity index (χ2v) is 7.65. The number of carboxylic acids is 1. The number of aliphatic carboxylic acids is 1. The van der Waals surface area contributed by atoms with Crippen LogP contribution in [-0.4, -0.2) is 49.1 Å². The molecule has 0 aliphatic carbocycles. The summed E-state index contributed by atoms with van der Waals surface area (Å²) in [6, 6.07) is 4.74. The van der Waals surface area contributed by atoms with Crippen LogP contribution in [-0.2, 0) is 19.6 Å². The first-order valence-electron chi connectivity index (χ1n) is 6.26. The number of halogens is 1. The summed E-state index contributed by atoms with van der Waals surface area (Å²) < 4.78 is 31.3. The Balaban J connectivity index is 2.11. The minimum Gasteiger partial charge on any atom is -0.480 e. The molecule has 0 atom stereocenters. The molecule has 0 aromatic heterocycles. The van der Waals surface area contributed by atoms with Crippen LogP contribution in [0, 0.1) is 6.92 Å². The monoisotopic (exact) mass is 333 g/mol. The van der Waals surface area contributed by atoms with Gasteiger partial charge in [-0.15, -0.1) is 0 Å². The van der Waals surface area contributed by atoms with Crippen molar-refractivity contribution in [2.45, 2.75) is 24.3 Å². The number of rotatable bonds is 5. The molecular weight excluding hydrogens is 318 g/mol. The summed E-state index contributed by atoms with van der Waals surface area (Å²) in [5, 5.41) is 8.76. The molecule has 116 valence electrons. The molecule has 0 amide bonds. The number of aryl methyl sites for hydroxylation is 1. The SMILES string of the molecule is Cc1ccc(S(=O)(=O)N2CC(C)(OCC(=O)O)C2)c(Cl)c1. The Hall–Kier alpha value is -1.15. The van der Waals surface area contributed by atoms with Crippen LogP contribution in [0.25, 0.3) is 0 Å². The van der Waals surface area contributed by atoms with E-state index in [1.807, 2.05) is 6.92 Å². The van der Waals surface area contributed by atoms with E-state index in [-0.39, 0.29) is 23.0 Å². The van der Waals surface area contributed by atoms with Crippen molar-refractivity contribution >= 4 is 27.6 Å². The van der Waals surface area contributed by atoms with Crippen LogP contribution < -0.4 is 0 Å². The summed E-state index contributed by atoms with van der Waals surface area (Å²) >= 11 is 6.00. The third-order valence-electron chi connectivity index (χ3n) is 3.27. The van der Waals surface area contributed by atoms with Gasteiger partial charge in [-0.2, -0.15) is 4.31 Å². The van der Waals surface area contributed by atoms with Crippen molar-refractivity contribution in [2.75, 3.05) is 19.7 Å². The Morgan fingerprint density at radius 2 is 2.10 bits per heavy atom. The summed E-state index contributed by atoms with van der Waals surface area (Å²) in [6.45, 7) is 3.26. The lowest BCUT2D eigenvalue weighted by atomic mass is 10.0. The normalized spacial score (nSPS) is 18.2. The number of carboxylic acid groups (broad SMARTS) is 1. The van der Waals surface area contributed by atoms with E-state index >= 15 is 0 Å². The van der Waals surface area contributed by atoms with Gasteiger partial charge in [-0.25, -0.2) is 13.2 Å². The molecule has 1 N–H and O–H groups in total. The highest BCUT2D eigenvalue weighted by molar-refractivity contribution is 7.89. The molecule has 1 aliphatic rings. The van der Waals surface area contributed by atoms with Crippen LogP contribution in [0.3, 0.4) is 0 Å². The lowest BCUT2D eigenvalue weighted by Gasteiger charge is -2.46. The highest BCUT2D eigenvalue weighted by Crippen LogP contribution is 2.33. The third kappa shape index (κ3) is 3.37. The number of ether oxygens (including phenoxy) is 1. The largest absolute Gasteiger partial charge is 0.480 e. The summed E-state index contributed by atoms with van der Waals surface area (Å²) in [4.78, 5) is 10.5. The highest BCUT2D eigenvalue weighted by Gasteiger charge is 2.47. The van der Waals surface area contributed by atoms with Crippen molar-refractivity contribution in [3.8, 4) is 0 Å². The first-order chi connectivity index (χ1) is 9.64. The summed E-state index contributed by atoms with van der Waals surface area (Å²) in [6.07, 6.45) is 0. The number of hydrogen-bond donors (Lipinski definition) is 1. The lowest BCUT2D eigenvalue weighted by Crippen LogP contribution is -2.63. The van der Waals surface area contributed by atoms with Crippen LogP contribution in [0.4, 0.5) is 0 Å². The van der Waals surface area contributed by atoms with E-state index in [4.69, 9.17) is 21.4 Å².